The van der Waals surface area contributed by atoms with Gasteiger partial charge in [-0.3, -0.25) is 4.79 Å². The highest BCUT2D eigenvalue weighted by atomic mass is 32.1. The number of hydrogen-bond acceptors (Lipinski definition) is 4. The molecule has 3 rings (SSSR count). The monoisotopic (exact) mass is 331 g/mol. The van der Waals surface area contributed by atoms with E-state index in [0.29, 0.717) is 32.6 Å². The normalized spacial score (nSPS) is 13.4. The highest BCUT2D eigenvalue weighted by Gasteiger charge is 2.13. The Morgan fingerprint density at radius 2 is 2.00 bits per heavy atom. The maximum absolute atomic E-state index is 12.3. The third kappa shape index (κ3) is 4.26. The molecule has 1 amide bonds. The second kappa shape index (κ2) is 7.51. The van der Waals surface area contributed by atoms with Gasteiger partial charge in [0.2, 0.25) is 5.91 Å². The smallest absolute Gasteiger partial charge is 0.222 e. The van der Waals surface area contributed by atoms with E-state index in [9.17, 15) is 4.79 Å². The van der Waals surface area contributed by atoms with Crippen LogP contribution in [0.25, 0.3) is 0 Å². The number of benzene rings is 1. The maximum atomic E-state index is 12.3. The Bertz CT molecular complexity index is 654. The Hall–Kier alpha value is -2.01. The first-order chi connectivity index (χ1) is 11.2. The molecule has 122 valence electrons. The van der Waals surface area contributed by atoms with Crippen molar-refractivity contribution in [2.24, 2.45) is 0 Å². The minimum Gasteiger partial charge on any atom is -0.490 e. The van der Waals surface area contributed by atoms with Gasteiger partial charge in [0, 0.05) is 26.4 Å². The first kappa shape index (κ1) is 15.9. The SMILES string of the molecule is CN(Cc1ccsc1)C(=O)CCc1ccc2c(c1)OCCCO2. The van der Waals surface area contributed by atoms with Crippen LogP contribution in [-0.4, -0.2) is 31.1 Å². The van der Waals surface area contributed by atoms with Gasteiger partial charge in [0.1, 0.15) is 0 Å². The second-order valence-corrected chi connectivity index (χ2v) is 6.49. The number of aryl methyl sites for hydroxylation is 1. The molecular formula is C18H21NO3S. The summed E-state index contributed by atoms with van der Waals surface area (Å²) in [5, 5.41) is 4.11. The molecule has 0 unspecified atom stereocenters. The second-order valence-electron chi connectivity index (χ2n) is 5.71. The Balaban J connectivity index is 1.55. The number of nitrogens with zero attached hydrogens (tertiary/aromatic N) is 1. The van der Waals surface area contributed by atoms with Crippen molar-refractivity contribution in [1.82, 2.24) is 4.90 Å². The van der Waals surface area contributed by atoms with Gasteiger partial charge in [-0.05, 0) is 46.5 Å². The molecule has 0 saturated heterocycles. The summed E-state index contributed by atoms with van der Waals surface area (Å²) in [7, 11) is 1.86. The molecule has 2 aromatic rings. The summed E-state index contributed by atoms with van der Waals surface area (Å²) in [6.07, 6.45) is 2.11. The van der Waals surface area contributed by atoms with Gasteiger partial charge in [-0.2, -0.15) is 11.3 Å². The molecule has 0 N–H and O–H groups in total. The maximum Gasteiger partial charge on any atom is 0.222 e. The number of thiophene rings is 1. The van der Waals surface area contributed by atoms with E-state index in [4.69, 9.17) is 9.47 Å². The minimum absolute atomic E-state index is 0.156. The van der Waals surface area contributed by atoms with Gasteiger partial charge in [-0.1, -0.05) is 6.07 Å². The predicted octanol–water partition coefficient (Wildman–Crippen LogP) is 3.50. The third-order valence-corrected chi connectivity index (χ3v) is 4.60. The molecule has 0 fully saturated rings. The van der Waals surface area contributed by atoms with Crippen LogP contribution in [0, 0.1) is 0 Å². The lowest BCUT2D eigenvalue weighted by Gasteiger charge is -2.16. The molecule has 1 aliphatic rings. The summed E-state index contributed by atoms with van der Waals surface area (Å²) in [4.78, 5) is 14.0. The largest absolute Gasteiger partial charge is 0.490 e. The van der Waals surface area contributed by atoms with Crippen molar-refractivity contribution in [2.75, 3.05) is 20.3 Å². The van der Waals surface area contributed by atoms with Crippen LogP contribution in [0.4, 0.5) is 0 Å². The number of fused-ring (bicyclic) bond motifs is 1. The summed E-state index contributed by atoms with van der Waals surface area (Å²) in [6.45, 7) is 2.04. The molecule has 0 spiro atoms. The Morgan fingerprint density at radius 3 is 2.78 bits per heavy atom. The lowest BCUT2D eigenvalue weighted by atomic mass is 10.1. The fraction of sp³-hybridized carbons (Fsp3) is 0.389. The van der Waals surface area contributed by atoms with Crippen molar-refractivity contribution >= 4 is 17.2 Å². The van der Waals surface area contributed by atoms with E-state index in [1.54, 1.807) is 16.2 Å². The van der Waals surface area contributed by atoms with Gasteiger partial charge in [-0.15, -0.1) is 0 Å². The van der Waals surface area contributed by atoms with Crippen LogP contribution in [0.3, 0.4) is 0 Å². The van der Waals surface area contributed by atoms with Gasteiger partial charge in [0.25, 0.3) is 0 Å². The quantitative estimate of drug-likeness (QED) is 0.842. The molecule has 0 atom stereocenters. The molecule has 0 bridgehead atoms. The molecule has 0 radical (unpaired) electrons. The van der Waals surface area contributed by atoms with Crippen molar-refractivity contribution in [3.63, 3.8) is 0 Å². The Morgan fingerprint density at radius 1 is 1.17 bits per heavy atom. The number of hydrogen-bond donors (Lipinski definition) is 0. The van der Waals surface area contributed by atoms with Crippen LogP contribution in [0.1, 0.15) is 24.0 Å². The summed E-state index contributed by atoms with van der Waals surface area (Å²) in [5.41, 5.74) is 2.29. The first-order valence-electron chi connectivity index (χ1n) is 7.86. The standard InChI is InChI=1S/C18H21NO3S/c1-19(12-15-7-10-23-13-15)18(20)6-4-14-3-5-16-17(11-14)22-9-2-8-21-16/h3,5,7,10-11,13H,2,4,6,8-9,12H2,1H3. The van der Waals surface area contributed by atoms with E-state index in [1.807, 2.05) is 30.6 Å². The minimum atomic E-state index is 0.156. The van der Waals surface area contributed by atoms with Crippen LogP contribution in [0.15, 0.2) is 35.0 Å². The molecular weight excluding hydrogens is 310 g/mol. The Kier molecular flexibility index (Phi) is 5.18. The number of carbonyl (C=O) groups excluding carboxylic acids is 1. The highest BCUT2D eigenvalue weighted by molar-refractivity contribution is 7.07. The van der Waals surface area contributed by atoms with E-state index in [-0.39, 0.29) is 5.91 Å². The number of amides is 1. The molecule has 4 nitrogen and oxygen atoms in total. The zero-order chi connectivity index (χ0) is 16.1. The summed E-state index contributed by atoms with van der Waals surface area (Å²) < 4.78 is 11.3. The fourth-order valence-corrected chi connectivity index (χ4v) is 3.21. The van der Waals surface area contributed by atoms with Crippen LogP contribution < -0.4 is 9.47 Å². The fourth-order valence-electron chi connectivity index (χ4n) is 2.55. The zero-order valence-corrected chi connectivity index (χ0v) is 14.1. The van der Waals surface area contributed by atoms with E-state index < -0.39 is 0 Å². The predicted molar refractivity (Wildman–Crippen MR) is 91.2 cm³/mol. The van der Waals surface area contributed by atoms with Crippen LogP contribution in [-0.2, 0) is 17.8 Å². The summed E-state index contributed by atoms with van der Waals surface area (Å²) in [6, 6.07) is 8.00. The van der Waals surface area contributed by atoms with Crippen LogP contribution in [0.5, 0.6) is 11.5 Å². The Labute approximate surface area is 140 Å². The van der Waals surface area contributed by atoms with E-state index in [2.05, 4.69) is 11.4 Å². The van der Waals surface area contributed by atoms with Crippen LogP contribution >= 0.6 is 11.3 Å². The van der Waals surface area contributed by atoms with Crippen molar-refractivity contribution in [3.05, 3.63) is 46.2 Å². The zero-order valence-electron chi connectivity index (χ0n) is 13.3. The van der Waals surface area contributed by atoms with Gasteiger partial charge < -0.3 is 14.4 Å². The topological polar surface area (TPSA) is 38.8 Å². The van der Waals surface area contributed by atoms with E-state index >= 15 is 0 Å². The van der Waals surface area contributed by atoms with Gasteiger partial charge in [0.15, 0.2) is 11.5 Å². The molecule has 5 heteroatoms. The average molecular weight is 331 g/mol. The number of ether oxygens (including phenoxy) is 2. The molecule has 1 aromatic heterocycles. The lowest BCUT2D eigenvalue weighted by molar-refractivity contribution is -0.130. The molecule has 0 aliphatic carbocycles. The average Bonchev–Trinajstić information content (AvgIpc) is 2.95. The van der Waals surface area contributed by atoms with Crippen molar-refractivity contribution in [3.8, 4) is 11.5 Å². The summed E-state index contributed by atoms with van der Waals surface area (Å²) in [5.74, 6) is 1.74. The van der Waals surface area contributed by atoms with Crippen molar-refractivity contribution in [1.29, 1.82) is 0 Å². The molecule has 1 aromatic carbocycles. The molecule has 0 saturated carbocycles. The van der Waals surface area contributed by atoms with Gasteiger partial charge >= 0.3 is 0 Å². The van der Waals surface area contributed by atoms with E-state index in [1.165, 1.54) is 5.56 Å². The molecule has 23 heavy (non-hydrogen) atoms. The number of rotatable bonds is 5. The lowest BCUT2D eigenvalue weighted by Crippen LogP contribution is -2.26. The van der Waals surface area contributed by atoms with Crippen molar-refractivity contribution in [2.45, 2.75) is 25.8 Å². The van der Waals surface area contributed by atoms with Crippen LogP contribution in [0.2, 0.25) is 0 Å². The molecule has 1 aliphatic heterocycles. The van der Waals surface area contributed by atoms with Gasteiger partial charge in [0.05, 0.1) is 13.2 Å². The number of carbonyl (C=O) groups is 1. The van der Waals surface area contributed by atoms with Gasteiger partial charge in [-0.25, -0.2) is 0 Å². The van der Waals surface area contributed by atoms with Crippen molar-refractivity contribution < 1.29 is 14.3 Å². The first-order valence-corrected chi connectivity index (χ1v) is 8.80. The molecule has 2 heterocycles. The van der Waals surface area contributed by atoms with E-state index in [0.717, 1.165) is 23.5 Å². The summed E-state index contributed by atoms with van der Waals surface area (Å²) >= 11 is 1.65. The highest BCUT2D eigenvalue weighted by Crippen LogP contribution is 2.30. The third-order valence-electron chi connectivity index (χ3n) is 3.87.